The van der Waals surface area contributed by atoms with Gasteiger partial charge in [-0.25, -0.2) is 9.59 Å². The maximum Gasteiger partial charge on any atom is 0.407 e. The van der Waals surface area contributed by atoms with Crippen molar-refractivity contribution in [1.82, 2.24) is 15.5 Å². The van der Waals surface area contributed by atoms with Crippen LogP contribution in [0.15, 0.2) is 48.5 Å². The summed E-state index contributed by atoms with van der Waals surface area (Å²) in [6.07, 6.45) is 0.280. The van der Waals surface area contributed by atoms with Crippen LogP contribution < -0.4 is 10.6 Å². The Bertz CT molecular complexity index is 1040. The van der Waals surface area contributed by atoms with Gasteiger partial charge in [0, 0.05) is 12.5 Å². The predicted molar refractivity (Wildman–Crippen MR) is 118 cm³/mol. The topological polar surface area (TPSA) is 125 Å². The van der Waals surface area contributed by atoms with Gasteiger partial charge in [0.1, 0.15) is 19.2 Å². The van der Waals surface area contributed by atoms with E-state index in [1.54, 1.807) is 0 Å². The number of carboxylic acid groups (broad SMARTS) is 1. The molecule has 0 radical (unpaired) electrons. The SMILES string of the molecule is O=C(CNC(=O)OCC1c2ccccc2-c2ccccc21)NCC(=O)N1CCC[C@@H]1C(=O)O. The third-order valence-electron chi connectivity index (χ3n) is 6.03. The van der Waals surface area contributed by atoms with Gasteiger partial charge >= 0.3 is 12.1 Å². The quantitative estimate of drug-likeness (QED) is 0.589. The van der Waals surface area contributed by atoms with E-state index < -0.39 is 29.9 Å². The van der Waals surface area contributed by atoms with Crippen LogP contribution in [0, 0.1) is 0 Å². The number of fused-ring (bicyclic) bond motifs is 3. The number of carbonyl (C=O) groups is 4. The molecule has 2 aliphatic rings. The Balaban J connectivity index is 1.23. The van der Waals surface area contributed by atoms with Crippen molar-refractivity contribution in [3.8, 4) is 11.1 Å². The van der Waals surface area contributed by atoms with Gasteiger partial charge in [-0.1, -0.05) is 48.5 Å². The van der Waals surface area contributed by atoms with E-state index in [0.717, 1.165) is 22.3 Å². The normalized spacial score (nSPS) is 16.6. The van der Waals surface area contributed by atoms with Crippen LogP contribution in [-0.2, 0) is 19.1 Å². The second-order valence-electron chi connectivity index (χ2n) is 8.04. The van der Waals surface area contributed by atoms with Crippen molar-refractivity contribution in [2.24, 2.45) is 0 Å². The number of amides is 3. The standard InChI is InChI=1S/C24H25N3O6/c28-21(25-13-22(29)27-11-5-10-20(27)23(30)31)12-26-24(32)33-14-19-17-8-3-1-6-15(17)16-7-2-4-9-18(16)19/h1-4,6-9,19-20H,5,10-14H2,(H,25,28)(H,26,32)(H,30,31)/t20-/m1/s1. The molecule has 0 spiro atoms. The lowest BCUT2D eigenvalue weighted by molar-refractivity contribution is -0.148. The molecule has 1 saturated heterocycles. The van der Waals surface area contributed by atoms with Gasteiger partial charge in [-0.05, 0) is 35.1 Å². The molecule has 0 bridgehead atoms. The summed E-state index contributed by atoms with van der Waals surface area (Å²) in [5, 5.41) is 13.9. The molecule has 2 aromatic rings. The third-order valence-corrected chi connectivity index (χ3v) is 6.03. The molecular weight excluding hydrogens is 426 g/mol. The first kappa shape index (κ1) is 22.3. The summed E-state index contributed by atoms with van der Waals surface area (Å²) in [5.74, 6) is -2.17. The first-order valence-electron chi connectivity index (χ1n) is 10.8. The smallest absolute Gasteiger partial charge is 0.407 e. The Kier molecular flexibility index (Phi) is 6.58. The third kappa shape index (κ3) is 4.82. The van der Waals surface area contributed by atoms with E-state index >= 15 is 0 Å². The van der Waals surface area contributed by atoms with E-state index in [1.165, 1.54) is 4.90 Å². The average molecular weight is 451 g/mol. The highest BCUT2D eigenvalue weighted by Crippen LogP contribution is 2.44. The fourth-order valence-electron chi connectivity index (χ4n) is 4.46. The molecule has 9 nitrogen and oxygen atoms in total. The van der Waals surface area contributed by atoms with Crippen LogP contribution in [0.4, 0.5) is 4.79 Å². The van der Waals surface area contributed by atoms with E-state index in [9.17, 15) is 19.2 Å². The van der Waals surface area contributed by atoms with Crippen molar-refractivity contribution in [2.75, 3.05) is 26.2 Å². The van der Waals surface area contributed by atoms with Crippen molar-refractivity contribution in [3.63, 3.8) is 0 Å². The second kappa shape index (κ2) is 9.72. The van der Waals surface area contributed by atoms with Crippen LogP contribution in [0.25, 0.3) is 11.1 Å². The molecule has 1 aliphatic heterocycles. The van der Waals surface area contributed by atoms with Crippen LogP contribution in [0.5, 0.6) is 0 Å². The summed E-state index contributed by atoms with van der Waals surface area (Å²) in [6, 6.07) is 15.1. The highest BCUT2D eigenvalue weighted by Gasteiger charge is 2.34. The summed E-state index contributed by atoms with van der Waals surface area (Å²) >= 11 is 0. The molecule has 0 aromatic heterocycles. The number of nitrogens with zero attached hydrogens (tertiary/aromatic N) is 1. The van der Waals surface area contributed by atoms with E-state index in [0.29, 0.717) is 19.4 Å². The lowest BCUT2D eigenvalue weighted by atomic mass is 9.98. The highest BCUT2D eigenvalue weighted by molar-refractivity contribution is 5.89. The van der Waals surface area contributed by atoms with Gasteiger partial charge < -0.3 is 25.4 Å². The number of nitrogens with one attached hydrogen (secondary N) is 2. The summed E-state index contributed by atoms with van der Waals surface area (Å²) in [6.45, 7) is -0.198. The van der Waals surface area contributed by atoms with E-state index in [4.69, 9.17) is 9.84 Å². The van der Waals surface area contributed by atoms with Gasteiger partial charge in [-0.3, -0.25) is 9.59 Å². The summed E-state index contributed by atoms with van der Waals surface area (Å²) in [7, 11) is 0. The zero-order valence-corrected chi connectivity index (χ0v) is 18.0. The maximum atomic E-state index is 12.2. The van der Waals surface area contributed by atoms with Crippen molar-refractivity contribution in [3.05, 3.63) is 59.7 Å². The average Bonchev–Trinajstić information content (AvgIpc) is 3.43. The monoisotopic (exact) mass is 451 g/mol. The van der Waals surface area contributed by atoms with Gasteiger partial charge in [0.15, 0.2) is 0 Å². The van der Waals surface area contributed by atoms with Crippen molar-refractivity contribution >= 4 is 23.9 Å². The lowest BCUT2D eigenvalue weighted by Gasteiger charge is -2.21. The number of ether oxygens (including phenoxy) is 1. The van der Waals surface area contributed by atoms with Crippen LogP contribution >= 0.6 is 0 Å². The van der Waals surface area contributed by atoms with Gasteiger partial charge in [-0.2, -0.15) is 0 Å². The molecule has 1 aliphatic carbocycles. The Morgan fingerprint density at radius 1 is 0.939 bits per heavy atom. The molecule has 4 rings (SSSR count). The highest BCUT2D eigenvalue weighted by atomic mass is 16.5. The lowest BCUT2D eigenvalue weighted by Crippen LogP contribution is -2.47. The first-order valence-corrected chi connectivity index (χ1v) is 10.8. The first-order chi connectivity index (χ1) is 16.0. The van der Waals surface area contributed by atoms with Gasteiger partial charge in [0.25, 0.3) is 0 Å². The molecule has 3 N–H and O–H groups in total. The number of likely N-dealkylation sites (tertiary alicyclic amines) is 1. The molecule has 2 aromatic carbocycles. The largest absolute Gasteiger partial charge is 0.480 e. The van der Waals surface area contributed by atoms with Crippen molar-refractivity contribution < 1.29 is 29.0 Å². The number of carbonyl (C=O) groups excluding carboxylic acids is 3. The minimum Gasteiger partial charge on any atom is -0.480 e. The Morgan fingerprint density at radius 2 is 1.58 bits per heavy atom. The van der Waals surface area contributed by atoms with Crippen LogP contribution in [0.3, 0.4) is 0 Å². The number of rotatable bonds is 7. The molecule has 3 amide bonds. The van der Waals surface area contributed by atoms with Crippen LogP contribution in [0.1, 0.15) is 29.9 Å². The predicted octanol–water partition coefficient (Wildman–Crippen LogP) is 1.72. The molecule has 1 atom stereocenters. The molecule has 1 fully saturated rings. The minimum absolute atomic E-state index is 0.0859. The fourth-order valence-corrected chi connectivity index (χ4v) is 4.46. The fraction of sp³-hybridized carbons (Fsp3) is 0.333. The van der Waals surface area contributed by atoms with E-state index in [1.807, 2.05) is 48.5 Å². The van der Waals surface area contributed by atoms with Crippen LogP contribution in [0.2, 0.25) is 0 Å². The molecule has 9 heteroatoms. The van der Waals surface area contributed by atoms with E-state index in [2.05, 4.69) is 10.6 Å². The van der Waals surface area contributed by atoms with E-state index in [-0.39, 0.29) is 25.6 Å². The number of hydrogen-bond donors (Lipinski definition) is 3. The van der Waals surface area contributed by atoms with Gasteiger partial charge in [0.05, 0.1) is 6.54 Å². The summed E-state index contributed by atoms with van der Waals surface area (Å²) in [4.78, 5) is 48.8. The Morgan fingerprint density at radius 3 is 2.21 bits per heavy atom. The molecule has 1 heterocycles. The van der Waals surface area contributed by atoms with Gasteiger partial charge in [-0.15, -0.1) is 0 Å². The zero-order chi connectivity index (χ0) is 23.4. The number of alkyl carbamates (subject to hydrolysis) is 1. The van der Waals surface area contributed by atoms with Crippen molar-refractivity contribution in [1.29, 1.82) is 0 Å². The van der Waals surface area contributed by atoms with Crippen molar-refractivity contribution in [2.45, 2.75) is 24.8 Å². The molecular formula is C24H25N3O6. The number of hydrogen-bond acceptors (Lipinski definition) is 5. The zero-order valence-electron chi connectivity index (χ0n) is 18.0. The number of benzene rings is 2. The molecule has 172 valence electrons. The van der Waals surface area contributed by atoms with Crippen LogP contribution in [-0.4, -0.2) is 66.2 Å². The molecule has 0 saturated carbocycles. The van der Waals surface area contributed by atoms with Gasteiger partial charge in [0.2, 0.25) is 11.8 Å². The molecule has 33 heavy (non-hydrogen) atoms. The summed E-state index contributed by atoms with van der Waals surface area (Å²) in [5.41, 5.74) is 4.41. The number of aliphatic carboxylic acids is 1. The summed E-state index contributed by atoms with van der Waals surface area (Å²) < 4.78 is 5.37. The maximum absolute atomic E-state index is 12.2. The molecule has 0 unspecified atom stereocenters. The second-order valence-corrected chi connectivity index (χ2v) is 8.04. The Hall–Kier alpha value is -3.88. The minimum atomic E-state index is -1.05. The number of carboxylic acids is 1. The Labute approximate surface area is 190 Å².